The summed E-state index contributed by atoms with van der Waals surface area (Å²) in [4.78, 5) is 11.5. The molecule has 1 amide bonds. The van der Waals surface area contributed by atoms with Gasteiger partial charge >= 0.3 is 0 Å². The number of rotatable bonds is 6. The zero-order chi connectivity index (χ0) is 14.3. The Labute approximate surface area is 117 Å². The smallest absolute Gasteiger partial charge is 0.274 e. The van der Waals surface area contributed by atoms with Crippen LogP contribution < -0.4 is 5.32 Å². The minimum absolute atomic E-state index is 0.00581. The Morgan fingerprint density at radius 1 is 1.30 bits per heavy atom. The van der Waals surface area contributed by atoms with E-state index in [1.165, 1.54) is 0 Å². The zero-order valence-electron chi connectivity index (χ0n) is 11.0. The molecule has 7 nitrogen and oxygen atoms in total. The number of carbonyl (C=O) groups excluding carboxylic acids is 1. The molecule has 0 aromatic heterocycles. The lowest BCUT2D eigenvalue weighted by molar-refractivity contribution is -0.120. The maximum atomic E-state index is 11.5. The molecular weight excluding hydrogens is 286 g/mol. The molecule has 2 aliphatic carbocycles. The maximum Gasteiger partial charge on any atom is 0.274 e. The Balaban J connectivity index is 1.45. The Morgan fingerprint density at radius 2 is 2.05 bits per heavy atom. The number of amides is 1. The second-order valence-electron chi connectivity index (χ2n) is 5.95. The van der Waals surface area contributed by atoms with E-state index in [-0.39, 0.29) is 18.2 Å². The predicted molar refractivity (Wildman–Crippen MR) is 68.7 cm³/mol. The molecule has 114 valence electrons. The van der Waals surface area contributed by atoms with E-state index in [4.69, 9.17) is 14.0 Å². The SMILES string of the molecule is O=C(CS(=O)(=O)O)NC1CC2CC1CC2OCC1CO1. The van der Waals surface area contributed by atoms with Crippen LogP contribution in [0.4, 0.5) is 0 Å². The number of hydrogen-bond donors (Lipinski definition) is 2. The van der Waals surface area contributed by atoms with E-state index in [9.17, 15) is 13.2 Å². The van der Waals surface area contributed by atoms with Crippen molar-refractivity contribution in [2.45, 2.75) is 37.5 Å². The second kappa shape index (κ2) is 5.25. The normalized spacial score (nSPS) is 39.0. The molecule has 0 aromatic rings. The molecule has 0 spiro atoms. The first-order chi connectivity index (χ1) is 9.40. The van der Waals surface area contributed by atoms with Gasteiger partial charge in [-0.2, -0.15) is 8.42 Å². The summed E-state index contributed by atoms with van der Waals surface area (Å²) in [6, 6.07) is 0.00581. The van der Waals surface area contributed by atoms with Crippen LogP contribution in [-0.2, 0) is 24.4 Å². The van der Waals surface area contributed by atoms with Crippen molar-refractivity contribution >= 4 is 16.0 Å². The topological polar surface area (TPSA) is 105 Å². The monoisotopic (exact) mass is 305 g/mol. The summed E-state index contributed by atoms with van der Waals surface area (Å²) in [7, 11) is -4.25. The van der Waals surface area contributed by atoms with Crippen molar-refractivity contribution in [2.24, 2.45) is 11.8 Å². The summed E-state index contributed by atoms with van der Waals surface area (Å²) in [5, 5.41) is 2.71. The molecule has 20 heavy (non-hydrogen) atoms. The molecule has 2 N–H and O–H groups in total. The van der Waals surface area contributed by atoms with Gasteiger partial charge in [0.15, 0.2) is 5.75 Å². The lowest BCUT2D eigenvalue weighted by Crippen LogP contribution is -2.43. The lowest BCUT2D eigenvalue weighted by Gasteiger charge is -2.28. The molecule has 5 unspecified atom stereocenters. The summed E-state index contributed by atoms with van der Waals surface area (Å²) in [5.74, 6) is -0.723. The third kappa shape index (κ3) is 3.49. The molecule has 3 fully saturated rings. The standard InChI is InChI=1S/C12H19NO6S/c14-12(6-20(15,16)17)13-10-2-8-1-7(10)3-11(8)19-5-9-4-18-9/h7-11H,1-6H2,(H,13,14)(H,15,16,17). The van der Waals surface area contributed by atoms with Gasteiger partial charge in [0.2, 0.25) is 5.91 Å². The van der Waals surface area contributed by atoms with Crippen molar-refractivity contribution in [3.63, 3.8) is 0 Å². The van der Waals surface area contributed by atoms with Gasteiger partial charge in [0.25, 0.3) is 10.1 Å². The zero-order valence-corrected chi connectivity index (χ0v) is 11.8. The highest BCUT2D eigenvalue weighted by Gasteiger charge is 2.47. The first kappa shape index (κ1) is 14.2. The van der Waals surface area contributed by atoms with Gasteiger partial charge < -0.3 is 14.8 Å². The van der Waals surface area contributed by atoms with Crippen molar-refractivity contribution in [2.75, 3.05) is 19.0 Å². The molecule has 8 heteroatoms. The molecule has 1 aliphatic heterocycles. The quantitative estimate of drug-likeness (QED) is 0.510. The maximum absolute atomic E-state index is 11.5. The van der Waals surface area contributed by atoms with E-state index in [0.29, 0.717) is 18.4 Å². The van der Waals surface area contributed by atoms with E-state index in [1.807, 2.05) is 0 Å². The van der Waals surface area contributed by atoms with Crippen LogP contribution in [0.15, 0.2) is 0 Å². The van der Waals surface area contributed by atoms with Crippen molar-refractivity contribution in [1.29, 1.82) is 0 Å². The fourth-order valence-corrected chi connectivity index (χ4v) is 3.83. The number of carbonyl (C=O) groups is 1. The number of hydrogen-bond acceptors (Lipinski definition) is 5. The largest absolute Gasteiger partial charge is 0.375 e. The van der Waals surface area contributed by atoms with E-state index in [0.717, 1.165) is 25.9 Å². The van der Waals surface area contributed by atoms with Crippen LogP contribution in [0.3, 0.4) is 0 Å². The van der Waals surface area contributed by atoms with Crippen LogP contribution in [0.5, 0.6) is 0 Å². The first-order valence-electron chi connectivity index (χ1n) is 6.88. The van der Waals surface area contributed by atoms with E-state index in [2.05, 4.69) is 5.32 Å². The van der Waals surface area contributed by atoms with Crippen LogP contribution in [0, 0.1) is 11.8 Å². The third-order valence-corrected chi connectivity index (χ3v) is 4.98. The van der Waals surface area contributed by atoms with Crippen molar-refractivity contribution in [3.8, 4) is 0 Å². The molecular formula is C12H19NO6S. The molecule has 2 bridgehead atoms. The van der Waals surface area contributed by atoms with Gasteiger partial charge in [0.1, 0.15) is 6.10 Å². The number of ether oxygens (including phenoxy) is 2. The molecule has 2 saturated carbocycles. The Morgan fingerprint density at radius 3 is 2.60 bits per heavy atom. The fourth-order valence-electron chi connectivity index (χ4n) is 3.41. The summed E-state index contributed by atoms with van der Waals surface area (Å²) >= 11 is 0. The summed E-state index contributed by atoms with van der Waals surface area (Å²) in [6.07, 6.45) is 3.22. The van der Waals surface area contributed by atoms with E-state index >= 15 is 0 Å². The molecule has 1 heterocycles. The van der Waals surface area contributed by atoms with Crippen LogP contribution in [0.1, 0.15) is 19.3 Å². The number of nitrogens with one attached hydrogen (secondary N) is 1. The van der Waals surface area contributed by atoms with Crippen molar-refractivity contribution < 1.29 is 27.2 Å². The lowest BCUT2D eigenvalue weighted by atomic mass is 9.93. The average molecular weight is 305 g/mol. The molecule has 1 saturated heterocycles. The fraction of sp³-hybridized carbons (Fsp3) is 0.917. The Hall–Kier alpha value is -0.700. The molecule has 0 aromatic carbocycles. The highest BCUT2D eigenvalue weighted by atomic mass is 32.2. The highest BCUT2D eigenvalue weighted by Crippen LogP contribution is 2.46. The van der Waals surface area contributed by atoms with Gasteiger partial charge in [-0.25, -0.2) is 0 Å². The Kier molecular flexibility index (Phi) is 3.74. The number of epoxide rings is 1. The molecule has 5 atom stereocenters. The van der Waals surface area contributed by atoms with Crippen molar-refractivity contribution in [3.05, 3.63) is 0 Å². The van der Waals surface area contributed by atoms with Gasteiger partial charge in [0, 0.05) is 6.04 Å². The first-order valence-corrected chi connectivity index (χ1v) is 8.49. The highest BCUT2D eigenvalue weighted by molar-refractivity contribution is 7.86. The summed E-state index contributed by atoms with van der Waals surface area (Å²) in [6.45, 7) is 1.43. The van der Waals surface area contributed by atoms with Crippen LogP contribution >= 0.6 is 0 Å². The Bertz CT molecular complexity index is 488. The minimum atomic E-state index is -4.25. The second-order valence-corrected chi connectivity index (χ2v) is 7.41. The van der Waals surface area contributed by atoms with Gasteiger partial charge in [-0.3, -0.25) is 9.35 Å². The van der Waals surface area contributed by atoms with Crippen molar-refractivity contribution in [1.82, 2.24) is 5.32 Å². The number of fused-ring (bicyclic) bond motifs is 2. The summed E-state index contributed by atoms with van der Waals surface area (Å²) in [5.41, 5.74) is 0. The van der Waals surface area contributed by atoms with E-state index in [1.54, 1.807) is 0 Å². The third-order valence-electron chi connectivity index (χ3n) is 4.35. The van der Waals surface area contributed by atoms with Crippen LogP contribution in [-0.4, -0.2) is 56.1 Å². The van der Waals surface area contributed by atoms with E-state index < -0.39 is 21.8 Å². The molecule has 3 aliphatic rings. The van der Waals surface area contributed by atoms with Crippen LogP contribution in [0.25, 0.3) is 0 Å². The summed E-state index contributed by atoms with van der Waals surface area (Å²) < 4.78 is 40.9. The van der Waals surface area contributed by atoms with Gasteiger partial charge in [0.05, 0.1) is 19.3 Å². The van der Waals surface area contributed by atoms with Gasteiger partial charge in [-0.1, -0.05) is 0 Å². The minimum Gasteiger partial charge on any atom is -0.375 e. The molecule has 0 radical (unpaired) electrons. The van der Waals surface area contributed by atoms with Crippen LogP contribution in [0.2, 0.25) is 0 Å². The molecule has 3 rings (SSSR count). The van der Waals surface area contributed by atoms with Gasteiger partial charge in [-0.15, -0.1) is 0 Å². The van der Waals surface area contributed by atoms with Gasteiger partial charge in [-0.05, 0) is 31.1 Å². The average Bonchev–Trinajstić information content (AvgIpc) is 2.95. The predicted octanol–water partition coefficient (Wildman–Crippen LogP) is -0.427.